The Bertz CT molecular complexity index is 1460. The van der Waals surface area contributed by atoms with Crippen LogP contribution in [-0.4, -0.2) is 89.0 Å². The standard InChI is InChI=1S/C29H35FN8OS/c1-7-23(37-13-11-36(12-14-37)18-27(39)34(4)5)17-38-20(3)32-25(8-2)28(38)35(6)29-33-26(19-40-29)24-10-9-22(30)15-21(24)16-31/h7,9-10,15,17,19H,1,8,11-14,18H2,2-6H3/b23-17+. The van der Waals surface area contributed by atoms with Crippen LogP contribution >= 0.6 is 11.3 Å². The maximum Gasteiger partial charge on any atom is 0.236 e. The lowest BCUT2D eigenvalue weighted by molar-refractivity contribution is -0.130. The van der Waals surface area contributed by atoms with E-state index in [0.717, 1.165) is 60.8 Å². The Hall–Kier alpha value is -4.01. The average molecular weight is 563 g/mol. The maximum atomic E-state index is 13.7. The van der Waals surface area contributed by atoms with E-state index in [1.165, 1.54) is 23.5 Å². The number of piperazine rings is 1. The minimum Gasteiger partial charge on any atom is -0.368 e. The van der Waals surface area contributed by atoms with E-state index in [-0.39, 0.29) is 11.5 Å². The Kier molecular flexibility index (Phi) is 9.02. The van der Waals surface area contributed by atoms with Gasteiger partial charge in [-0.2, -0.15) is 5.26 Å². The minimum absolute atomic E-state index is 0.107. The molecule has 1 aliphatic heterocycles. The molecule has 0 N–H and O–H groups in total. The number of nitrogens with zero attached hydrogens (tertiary/aromatic N) is 8. The number of allylic oxidation sites excluding steroid dienone is 1. The molecule has 3 heterocycles. The molecule has 0 unspecified atom stereocenters. The van der Waals surface area contributed by atoms with Gasteiger partial charge < -0.3 is 14.7 Å². The molecule has 1 aliphatic rings. The Morgan fingerprint density at radius 2 is 1.95 bits per heavy atom. The predicted octanol–water partition coefficient (Wildman–Crippen LogP) is 4.35. The molecule has 0 radical (unpaired) electrons. The fraction of sp³-hybridized carbons (Fsp3) is 0.379. The van der Waals surface area contributed by atoms with Gasteiger partial charge in [-0.1, -0.05) is 13.5 Å². The molecular formula is C29H35FN8OS. The summed E-state index contributed by atoms with van der Waals surface area (Å²) in [4.78, 5) is 29.8. The van der Waals surface area contributed by atoms with Crippen molar-refractivity contribution in [1.82, 2.24) is 29.2 Å². The Morgan fingerprint density at radius 1 is 1.23 bits per heavy atom. The highest BCUT2D eigenvalue weighted by atomic mass is 32.1. The molecule has 40 heavy (non-hydrogen) atoms. The molecule has 0 spiro atoms. The fourth-order valence-electron chi connectivity index (χ4n) is 4.70. The van der Waals surface area contributed by atoms with Crippen LogP contribution in [0.5, 0.6) is 0 Å². The van der Waals surface area contributed by atoms with E-state index in [1.54, 1.807) is 25.1 Å². The quantitative estimate of drug-likeness (QED) is 0.359. The number of carbonyl (C=O) groups is 1. The van der Waals surface area contributed by atoms with Gasteiger partial charge in [0.25, 0.3) is 0 Å². The summed E-state index contributed by atoms with van der Waals surface area (Å²) in [5.41, 5.74) is 3.38. The van der Waals surface area contributed by atoms with Crippen LogP contribution in [0.25, 0.3) is 17.5 Å². The first-order valence-corrected chi connectivity index (χ1v) is 14.0. The van der Waals surface area contributed by atoms with Crippen LogP contribution in [0.3, 0.4) is 0 Å². The third-order valence-electron chi connectivity index (χ3n) is 7.01. The average Bonchev–Trinajstić information content (AvgIpc) is 3.56. The first kappa shape index (κ1) is 29.0. The van der Waals surface area contributed by atoms with Gasteiger partial charge in [0.15, 0.2) is 5.13 Å². The van der Waals surface area contributed by atoms with Crippen LogP contribution in [0.4, 0.5) is 15.3 Å². The third kappa shape index (κ3) is 6.08. The monoisotopic (exact) mass is 562 g/mol. The summed E-state index contributed by atoms with van der Waals surface area (Å²) >= 11 is 1.45. The van der Waals surface area contributed by atoms with Crippen molar-refractivity contribution in [2.24, 2.45) is 0 Å². The fourth-order valence-corrected chi connectivity index (χ4v) is 5.49. The SMILES string of the molecule is C=C/C(=C\n1c(C)nc(CC)c1N(C)c1nc(-c2ccc(F)cc2C#N)cs1)N1CCN(CC(=O)N(C)C)CC1. The second kappa shape index (κ2) is 12.4. The van der Waals surface area contributed by atoms with E-state index >= 15 is 0 Å². The largest absolute Gasteiger partial charge is 0.368 e. The van der Waals surface area contributed by atoms with E-state index in [9.17, 15) is 14.4 Å². The number of hydrogen-bond donors (Lipinski definition) is 0. The molecule has 2 aromatic heterocycles. The number of nitriles is 1. The summed E-state index contributed by atoms with van der Waals surface area (Å²) < 4.78 is 15.7. The highest BCUT2D eigenvalue weighted by molar-refractivity contribution is 7.14. The van der Waals surface area contributed by atoms with Crippen molar-refractivity contribution in [1.29, 1.82) is 5.26 Å². The lowest BCUT2D eigenvalue weighted by Gasteiger charge is -2.36. The van der Waals surface area contributed by atoms with Crippen LogP contribution in [0, 0.1) is 24.1 Å². The number of halogens is 1. The first-order chi connectivity index (χ1) is 19.2. The second-order valence-corrected chi connectivity index (χ2v) is 10.7. The molecule has 3 aromatic rings. The molecule has 0 bridgehead atoms. The maximum absolute atomic E-state index is 13.7. The molecule has 0 saturated carbocycles. The van der Waals surface area contributed by atoms with Gasteiger partial charge in [-0.05, 0) is 37.6 Å². The Balaban J connectivity index is 1.61. The van der Waals surface area contributed by atoms with Crippen LogP contribution in [-0.2, 0) is 11.2 Å². The van der Waals surface area contributed by atoms with Crippen LogP contribution in [0.1, 0.15) is 24.0 Å². The number of hydrogen-bond acceptors (Lipinski definition) is 8. The van der Waals surface area contributed by atoms with E-state index in [1.807, 2.05) is 30.3 Å². The number of benzene rings is 1. The zero-order valence-corrected chi connectivity index (χ0v) is 24.5. The van der Waals surface area contributed by atoms with E-state index in [0.29, 0.717) is 17.8 Å². The van der Waals surface area contributed by atoms with Gasteiger partial charge in [0.1, 0.15) is 17.5 Å². The van der Waals surface area contributed by atoms with Gasteiger partial charge in [-0.3, -0.25) is 14.3 Å². The molecule has 9 nitrogen and oxygen atoms in total. The molecule has 1 fully saturated rings. The van der Waals surface area contributed by atoms with E-state index in [4.69, 9.17) is 9.97 Å². The van der Waals surface area contributed by atoms with E-state index in [2.05, 4.69) is 40.1 Å². The number of aromatic nitrogens is 3. The van der Waals surface area contributed by atoms with Crippen molar-refractivity contribution in [3.63, 3.8) is 0 Å². The van der Waals surface area contributed by atoms with Crippen molar-refractivity contribution in [3.05, 3.63) is 64.8 Å². The van der Waals surface area contributed by atoms with Crippen LogP contribution in [0.15, 0.2) is 41.9 Å². The van der Waals surface area contributed by atoms with Gasteiger partial charge in [0.05, 0.1) is 35.3 Å². The lowest BCUT2D eigenvalue weighted by atomic mass is 10.1. The molecule has 1 saturated heterocycles. The van der Waals surface area contributed by atoms with Crippen molar-refractivity contribution in [2.45, 2.75) is 20.3 Å². The summed E-state index contributed by atoms with van der Waals surface area (Å²) in [6.45, 7) is 11.7. The van der Waals surface area contributed by atoms with E-state index < -0.39 is 5.82 Å². The smallest absolute Gasteiger partial charge is 0.236 e. The van der Waals surface area contributed by atoms with Gasteiger partial charge in [0, 0.05) is 64.5 Å². The summed E-state index contributed by atoms with van der Waals surface area (Å²) in [6, 6.07) is 6.23. The summed E-state index contributed by atoms with van der Waals surface area (Å²) in [6.07, 6.45) is 4.65. The van der Waals surface area contributed by atoms with Crippen LogP contribution < -0.4 is 4.90 Å². The van der Waals surface area contributed by atoms with Crippen molar-refractivity contribution in [3.8, 4) is 17.3 Å². The second-order valence-electron chi connectivity index (χ2n) is 9.84. The number of rotatable bonds is 9. The highest BCUT2D eigenvalue weighted by Gasteiger charge is 2.23. The molecule has 0 aliphatic carbocycles. The Morgan fingerprint density at radius 3 is 2.58 bits per heavy atom. The number of amides is 1. The van der Waals surface area contributed by atoms with Gasteiger partial charge in [0.2, 0.25) is 5.91 Å². The molecule has 4 rings (SSSR count). The summed E-state index contributed by atoms with van der Waals surface area (Å²) in [5.74, 6) is 1.40. The first-order valence-electron chi connectivity index (χ1n) is 13.2. The molecular weight excluding hydrogens is 527 g/mol. The third-order valence-corrected chi connectivity index (χ3v) is 7.92. The highest BCUT2D eigenvalue weighted by Crippen LogP contribution is 2.35. The van der Waals surface area contributed by atoms with Gasteiger partial charge in [-0.15, -0.1) is 11.3 Å². The van der Waals surface area contributed by atoms with Crippen molar-refractivity contribution >= 4 is 34.4 Å². The predicted molar refractivity (Wildman–Crippen MR) is 158 cm³/mol. The minimum atomic E-state index is -0.451. The number of likely N-dealkylation sites (N-methyl/N-ethyl adjacent to an activating group) is 1. The molecule has 0 atom stereocenters. The topological polar surface area (TPSA) is 84.5 Å². The molecule has 11 heteroatoms. The zero-order chi connectivity index (χ0) is 29.0. The van der Waals surface area contributed by atoms with Crippen molar-refractivity contribution < 1.29 is 9.18 Å². The van der Waals surface area contributed by atoms with Gasteiger partial charge in [-0.25, -0.2) is 14.4 Å². The normalized spacial score (nSPS) is 14.2. The number of carbonyl (C=O) groups excluding carboxylic acids is 1. The summed E-state index contributed by atoms with van der Waals surface area (Å²) in [7, 11) is 5.51. The zero-order valence-electron chi connectivity index (χ0n) is 23.7. The molecule has 210 valence electrons. The van der Waals surface area contributed by atoms with Crippen LogP contribution in [0.2, 0.25) is 0 Å². The number of anilines is 2. The molecule has 1 amide bonds. The lowest BCUT2D eigenvalue weighted by Crippen LogP contribution is -2.48. The Labute approximate surface area is 239 Å². The number of imidazole rings is 1. The molecule has 1 aromatic carbocycles. The number of thiazole rings is 1. The van der Waals surface area contributed by atoms with Crippen molar-refractivity contribution in [2.75, 3.05) is 58.8 Å². The number of aryl methyl sites for hydroxylation is 2. The van der Waals surface area contributed by atoms with Gasteiger partial charge >= 0.3 is 0 Å². The summed E-state index contributed by atoms with van der Waals surface area (Å²) in [5, 5.41) is 12.1.